The quantitative estimate of drug-likeness (QED) is 0.905. The van der Waals surface area contributed by atoms with Crippen LogP contribution in [0, 0.1) is 0 Å². The Balaban J connectivity index is 1.45. The van der Waals surface area contributed by atoms with E-state index < -0.39 is 0 Å². The second-order valence-corrected chi connectivity index (χ2v) is 6.30. The third kappa shape index (κ3) is 2.48. The standard InChI is InChI=1S/C14H18N2OS/c17-14(16-9-13-8-12(16)10-18-13)15-7-6-11-4-2-1-3-5-11/h1-5,12-13H,6-10H2,(H,15,17). The molecule has 18 heavy (non-hydrogen) atoms. The fourth-order valence-electron chi connectivity index (χ4n) is 2.71. The van der Waals surface area contributed by atoms with Crippen molar-refractivity contribution < 1.29 is 4.79 Å². The Hall–Kier alpha value is -1.16. The summed E-state index contributed by atoms with van der Waals surface area (Å²) in [7, 11) is 0. The highest BCUT2D eigenvalue weighted by atomic mass is 32.2. The molecular formula is C14H18N2OS. The Morgan fingerprint density at radius 3 is 2.89 bits per heavy atom. The molecule has 2 heterocycles. The molecule has 0 saturated carbocycles. The van der Waals surface area contributed by atoms with Crippen molar-refractivity contribution >= 4 is 17.8 Å². The molecule has 2 amide bonds. The predicted octanol–water partition coefficient (Wildman–Crippen LogP) is 2.13. The number of carbonyl (C=O) groups excluding carboxylic acids is 1. The summed E-state index contributed by atoms with van der Waals surface area (Å²) in [6, 6.07) is 10.9. The molecule has 1 aromatic carbocycles. The second kappa shape index (κ2) is 5.22. The summed E-state index contributed by atoms with van der Waals surface area (Å²) >= 11 is 2.01. The average Bonchev–Trinajstić information content (AvgIpc) is 3.02. The minimum atomic E-state index is 0.124. The van der Waals surface area contributed by atoms with E-state index >= 15 is 0 Å². The van der Waals surface area contributed by atoms with Gasteiger partial charge in [-0.1, -0.05) is 30.3 Å². The van der Waals surface area contributed by atoms with E-state index in [-0.39, 0.29) is 6.03 Å². The van der Waals surface area contributed by atoms with Gasteiger partial charge in [0, 0.05) is 30.1 Å². The summed E-state index contributed by atoms with van der Waals surface area (Å²) in [4.78, 5) is 14.1. The summed E-state index contributed by atoms with van der Waals surface area (Å²) in [6.07, 6.45) is 2.10. The molecule has 2 aliphatic rings. The lowest BCUT2D eigenvalue weighted by Crippen LogP contribution is -2.45. The van der Waals surface area contributed by atoms with Crippen molar-refractivity contribution in [3.05, 3.63) is 35.9 Å². The van der Waals surface area contributed by atoms with Gasteiger partial charge in [-0.3, -0.25) is 0 Å². The molecule has 2 unspecified atom stereocenters. The predicted molar refractivity (Wildman–Crippen MR) is 74.9 cm³/mol. The molecular weight excluding hydrogens is 244 g/mol. The number of hydrogen-bond donors (Lipinski definition) is 1. The third-order valence-corrected chi connectivity index (χ3v) is 5.08. The highest BCUT2D eigenvalue weighted by molar-refractivity contribution is 8.00. The van der Waals surface area contributed by atoms with E-state index in [9.17, 15) is 4.79 Å². The van der Waals surface area contributed by atoms with E-state index in [4.69, 9.17) is 0 Å². The van der Waals surface area contributed by atoms with E-state index in [0.29, 0.717) is 11.3 Å². The van der Waals surface area contributed by atoms with Crippen molar-refractivity contribution in [1.82, 2.24) is 10.2 Å². The number of hydrogen-bond acceptors (Lipinski definition) is 2. The van der Waals surface area contributed by atoms with Crippen molar-refractivity contribution in [2.75, 3.05) is 18.8 Å². The molecule has 3 nitrogen and oxygen atoms in total. The first kappa shape index (κ1) is 11.9. The Morgan fingerprint density at radius 2 is 2.22 bits per heavy atom. The molecule has 2 fully saturated rings. The highest BCUT2D eigenvalue weighted by Crippen LogP contribution is 2.37. The molecule has 1 N–H and O–H groups in total. The average molecular weight is 262 g/mol. The fraction of sp³-hybridized carbons (Fsp3) is 0.500. The van der Waals surface area contributed by atoms with Crippen LogP contribution in [0.15, 0.2) is 30.3 Å². The van der Waals surface area contributed by atoms with Crippen molar-refractivity contribution in [3.63, 3.8) is 0 Å². The van der Waals surface area contributed by atoms with Gasteiger partial charge in [-0.2, -0.15) is 11.8 Å². The molecule has 2 aliphatic heterocycles. The maximum absolute atomic E-state index is 12.0. The van der Waals surface area contributed by atoms with Crippen LogP contribution in [0.2, 0.25) is 0 Å². The van der Waals surface area contributed by atoms with E-state index in [2.05, 4.69) is 17.4 Å². The van der Waals surface area contributed by atoms with Crippen molar-refractivity contribution in [3.8, 4) is 0 Å². The smallest absolute Gasteiger partial charge is 0.317 e. The Morgan fingerprint density at radius 1 is 1.39 bits per heavy atom. The van der Waals surface area contributed by atoms with Gasteiger partial charge >= 0.3 is 6.03 Å². The van der Waals surface area contributed by atoms with E-state index in [1.165, 1.54) is 12.0 Å². The number of benzene rings is 1. The second-order valence-electron chi connectivity index (χ2n) is 4.96. The molecule has 1 aromatic rings. The van der Waals surface area contributed by atoms with Crippen molar-refractivity contribution in [1.29, 1.82) is 0 Å². The van der Waals surface area contributed by atoms with Gasteiger partial charge < -0.3 is 10.2 Å². The van der Waals surface area contributed by atoms with E-state index in [1.807, 2.05) is 34.9 Å². The molecule has 3 rings (SSSR count). The number of carbonyl (C=O) groups is 1. The van der Waals surface area contributed by atoms with Gasteiger partial charge in [0.15, 0.2) is 0 Å². The van der Waals surface area contributed by atoms with E-state index in [0.717, 1.165) is 25.3 Å². The number of nitrogens with zero attached hydrogens (tertiary/aromatic N) is 1. The van der Waals surface area contributed by atoms with Crippen LogP contribution in [0.4, 0.5) is 4.79 Å². The van der Waals surface area contributed by atoms with Crippen LogP contribution in [-0.4, -0.2) is 41.1 Å². The monoisotopic (exact) mass is 262 g/mol. The van der Waals surface area contributed by atoms with Crippen molar-refractivity contribution in [2.24, 2.45) is 0 Å². The summed E-state index contributed by atoms with van der Waals surface area (Å²) in [5, 5.41) is 3.73. The Labute approximate surface area is 112 Å². The minimum absolute atomic E-state index is 0.124. The number of urea groups is 1. The maximum Gasteiger partial charge on any atom is 0.317 e. The van der Waals surface area contributed by atoms with Crippen molar-refractivity contribution in [2.45, 2.75) is 24.1 Å². The van der Waals surface area contributed by atoms with Crippen LogP contribution in [0.5, 0.6) is 0 Å². The maximum atomic E-state index is 12.0. The summed E-state index contributed by atoms with van der Waals surface area (Å²) in [6.45, 7) is 1.66. The Bertz CT molecular complexity index is 423. The first-order valence-corrected chi connectivity index (χ1v) is 7.58. The minimum Gasteiger partial charge on any atom is -0.338 e. The molecule has 0 radical (unpaired) electrons. The SMILES string of the molecule is O=C(NCCc1ccccc1)N1CC2CC1CS2. The molecule has 4 heteroatoms. The zero-order chi connectivity index (χ0) is 12.4. The lowest BCUT2D eigenvalue weighted by atomic mass is 10.1. The largest absolute Gasteiger partial charge is 0.338 e. The number of nitrogens with one attached hydrogen (secondary N) is 1. The van der Waals surface area contributed by atoms with Crippen LogP contribution in [-0.2, 0) is 6.42 Å². The Kier molecular flexibility index (Phi) is 3.46. The first-order valence-electron chi connectivity index (χ1n) is 6.53. The van der Waals surface area contributed by atoms with Gasteiger partial charge in [0.25, 0.3) is 0 Å². The van der Waals surface area contributed by atoms with Crippen LogP contribution in [0.1, 0.15) is 12.0 Å². The lowest BCUT2D eigenvalue weighted by Gasteiger charge is -2.26. The first-order chi connectivity index (χ1) is 8.83. The highest BCUT2D eigenvalue weighted by Gasteiger charge is 2.40. The molecule has 0 aliphatic carbocycles. The molecule has 2 atom stereocenters. The van der Waals surface area contributed by atoms with Gasteiger partial charge in [-0.25, -0.2) is 4.79 Å². The van der Waals surface area contributed by atoms with Crippen LogP contribution < -0.4 is 5.32 Å². The molecule has 96 valence electrons. The zero-order valence-electron chi connectivity index (χ0n) is 10.3. The summed E-state index contributed by atoms with van der Waals surface area (Å²) in [5.74, 6) is 1.12. The normalized spacial score (nSPS) is 25.4. The van der Waals surface area contributed by atoms with Crippen LogP contribution in [0.25, 0.3) is 0 Å². The number of amides is 2. The summed E-state index contributed by atoms with van der Waals surface area (Å²) in [5.41, 5.74) is 1.27. The van der Waals surface area contributed by atoms with Crippen LogP contribution in [0.3, 0.4) is 0 Å². The molecule has 2 bridgehead atoms. The zero-order valence-corrected chi connectivity index (χ0v) is 11.2. The fourth-order valence-corrected chi connectivity index (χ4v) is 4.14. The topological polar surface area (TPSA) is 32.3 Å². The molecule has 0 aromatic heterocycles. The van der Waals surface area contributed by atoms with Gasteiger partial charge in [-0.15, -0.1) is 0 Å². The van der Waals surface area contributed by atoms with E-state index in [1.54, 1.807) is 0 Å². The van der Waals surface area contributed by atoms with Crippen LogP contribution >= 0.6 is 11.8 Å². The van der Waals surface area contributed by atoms with Gasteiger partial charge in [0.2, 0.25) is 0 Å². The lowest BCUT2D eigenvalue weighted by molar-refractivity contribution is 0.196. The van der Waals surface area contributed by atoms with Gasteiger partial charge in [-0.05, 0) is 18.4 Å². The van der Waals surface area contributed by atoms with Gasteiger partial charge in [0.05, 0.1) is 0 Å². The molecule has 2 saturated heterocycles. The summed E-state index contributed by atoms with van der Waals surface area (Å²) < 4.78 is 0. The van der Waals surface area contributed by atoms with Gasteiger partial charge in [0.1, 0.15) is 0 Å². The molecule has 0 spiro atoms. The number of thioether (sulfide) groups is 1. The third-order valence-electron chi connectivity index (χ3n) is 3.69. The number of likely N-dealkylation sites (tertiary alicyclic amines) is 1. The number of fused-ring (bicyclic) bond motifs is 2. The number of rotatable bonds is 3.